The Morgan fingerprint density at radius 3 is 2.35 bits per heavy atom. The van der Waals surface area contributed by atoms with Gasteiger partial charge < -0.3 is 15.2 Å². The molecular formula is C15H21NO4. The molecule has 0 aliphatic heterocycles. The molecule has 5 heteroatoms. The molecule has 1 amide bonds. The summed E-state index contributed by atoms with van der Waals surface area (Å²) >= 11 is 0. The topological polar surface area (TPSA) is 75.6 Å². The van der Waals surface area contributed by atoms with Gasteiger partial charge in [-0.15, -0.1) is 0 Å². The fraction of sp³-hybridized carbons (Fsp3) is 0.467. The van der Waals surface area contributed by atoms with Gasteiger partial charge in [-0.2, -0.15) is 0 Å². The van der Waals surface area contributed by atoms with Gasteiger partial charge in [-0.1, -0.05) is 19.1 Å². The first-order chi connectivity index (χ1) is 9.35. The van der Waals surface area contributed by atoms with Crippen molar-refractivity contribution in [3.05, 3.63) is 29.8 Å². The number of hydrogen-bond donors (Lipinski definition) is 2. The quantitative estimate of drug-likeness (QED) is 0.800. The summed E-state index contributed by atoms with van der Waals surface area (Å²) in [6.07, 6.45) is 1.08. The van der Waals surface area contributed by atoms with Crippen LogP contribution in [0.25, 0.3) is 0 Å². The first-order valence-corrected chi connectivity index (χ1v) is 6.61. The number of aryl methyl sites for hydroxylation is 1. The zero-order chi connectivity index (χ0) is 15.2. The molecule has 0 radical (unpaired) electrons. The van der Waals surface area contributed by atoms with E-state index in [1.54, 1.807) is 0 Å². The monoisotopic (exact) mass is 279 g/mol. The van der Waals surface area contributed by atoms with Crippen LogP contribution in [0.5, 0.6) is 5.75 Å². The van der Waals surface area contributed by atoms with Crippen LogP contribution in [0.1, 0.15) is 32.8 Å². The number of carboxylic acid groups (broad SMARTS) is 1. The van der Waals surface area contributed by atoms with E-state index in [4.69, 9.17) is 9.84 Å². The van der Waals surface area contributed by atoms with Crippen LogP contribution in [0.4, 0.5) is 0 Å². The molecule has 2 N–H and O–H groups in total. The summed E-state index contributed by atoms with van der Waals surface area (Å²) in [4.78, 5) is 22.5. The summed E-state index contributed by atoms with van der Waals surface area (Å²) in [6.45, 7) is 5.17. The highest BCUT2D eigenvalue weighted by Gasteiger charge is 2.28. The van der Waals surface area contributed by atoms with Crippen LogP contribution in [0.2, 0.25) is 0 Å². The molecule has 1 aromatic rings. The Hall–Kier alpha value is -2.04. The Kier molecular flexibility index (Phi) is 5.55. The number of aliphatic carboxylic acids is 1. The van der Waals surface area contributed by atoms with Crippen LogP contribution in [-0.4, -0.2) is 29.1 Å². The van der Waals surface area contributed by atoms with Crippen molar-refractivity contribution >= 4 is 11.9 Å². The normalized spacial score (nSPS) is 10.9. The zero-order valence-electron chi connectivity index (χ0n) is 12.1. The van der Waals surface area contributed by atoms with E-state index in [0.29, 0.717) is 5.75 Å². The third kappa shape index (κ3) is 4.91. The highest BCUT2D eigenvalue weighted by atomic mass is 16.5. The van der Waals surface area contributed by atoms with Gasteiger partial charge in [-0.3, -0.25) is 4.79 Å². The molecule has 0 bridgehead atoms. The van der Waals surface area contributed by atoms with Gasteiger partial charge >= 0.3 is 5.97 Å². The molecule has 0 heterocycles. The maximum atomic E-state index is 11.6. The molecule has 20 heavy (non-hydrogen) atoms. The number of hydrogen-bond acceptors (Lipinski definition) is 3. The van der Waals surface area contributed by atoms with Gasteiger partial charge in [0.05, 0.1) is 13.0 Å². The summed E-state index contributed by atoms with van der Waals surface area (Å²) in [5.74, 6) is -0.711. The molecule has 0 fully saturated rings. The van der Waals surface area contributed by atoms with Crippen molar-refractivity contribution in [2.45, 2.75) is 39.2 Å². The Morgan fingerprint density at radius 1 is 1.25 bits per heavy atom. The Morgan fingerprint density at radius 2 is 1.85 bits per heavy atom. The number of benzene rings is 1. The van der Waals surface area contributed by atoms with E-state index in [1.165, 1.54) is 19.4 Å². The molecule has 0 atom stereocenters. The molecule has 0 spiro atoms. The summed E-state index contributed by atoms with van der Waals surface area (Å²) in [5.41, 5.74) is -0.0434. The van der Waals surface area contributed by atoms with E-state index in [2.05, 4.69) is 12.2 Å². The van der Waals surface area contributed by atoms with E-state index in [1.807, 2.05) is 24.3 Å². The van der Waals surface area contributed by atoms with Gasteiger partial charge in [0.1, 0.15) is 11.3 Å². The van der Waals surface area contributed by atoms with Gasteiger partial charge in [0.15, 0.2) is 0 Å². The van der Waals surface area contributed by atoms with Crippen LogP contribution in [0.3, 0.4) is 0 Å². The molecule has 110 valence electrons. The van der Waals surface area contributed by atoms with Gasteiger partial charge in [-0.05, 0) is 38.0 Å². The summed E-state index contributed by atoms with van der Waals surface area (Å²) in [5, 5.41) is 11.3. The lowest BCUT2D eigenvalue weighted by Gasteiger charge is -2.20. The predicted molar refractivity (Wildman–Crippen MR) is 75.8 cm³/mol. The lowest BCUT2D eigenvalue weighted by molar-refractivity contribution is -0.146. The van der Waals surface area contributed by atoms with Crippen molar-refractivity contribution in [3.8, 4) is 5.75 Å². The Balaban J connectivity index is 2.36. The highest BCUT2D eigenvalue weighted by Crippen LogP contribution is 2.12. The average Bonchev–Trinajstić information content (AvgIpc) is 2.38. The number of amides is 1. The van der Waals surface area contributed by atoms with Crippen molar-refractivity contribution < 1.29 is 19.4 Å². The highest BCUT2D eigenvalue weighted by molar-refractivity contribution is 5.86. The van der Waals surface area contributed by atoms with Crippen LogP contribution in [-0.2, 0) is 16.0 Å². The van der Waals surface area contributed by atoms with E-state index < -0.39 is 11.5 Å². The zero-order valence-corrected chi connectivity index (χ0v) is 12.1. The minimum Gasteiger partial charge on any atom is -0.493 e. The van der Waals surface area contributed by atoms with Gasteiger partial charge in [0, 0.05) is 0 Å². The molecular weight excluding hydrogens is 258 g/mol. The molecule has 5 nitrogen and oxygen atoms in total. The summed E-state index contributed by atoms with van der Waals surface area (Å²) in [6, 6.07) is 7.67. The number of carbonyl (C=O) groups excluding carboxylic acids is 1. The molecule has 0 unspecified atom stereocenters. The molecule has 1 aromatic carbocycles. The smallest absolute Gasteiger partial charge is 0.328 e. The van der Waals surface area contributed by atoms with Crippen molar-refractivity contribution in [2.24, 2.45) is 0 Å². The maximum Gasteiger partial charge on any atom is 0.328 e. The van der Waals surface area contributed by atoms with Crippen molar-refractivity contribution in [1.29, 1.82) is 0 Å². The largest absolute Gasteiger partial charge is 0.493 e. The fourth-order valence-corrected chi connectivity index (χ4v) is 1.55. The summed E-state index contributed by atoms with van der Waals surface area (Å²) < 4.78 is 5.44. The van der Waals surface area contributed by atoms with E-state index in [0.717, 1.165) is 6.42 Å². The number of carbonyl (C=O) groups is 2. The van der Waals surface area contributed by atoms with E-state index in [-0.39, 0.29) is 18.9 Å². The second-order valence-electron chi connectivity index (χ2n) is 5.07. The number of ether oxygens (including phenoxy) is 1. The standard InChI is InChI=1S/C15H21NO4/c1-4-11-5-7-12(8-6-11)20-10-9-13(17)16-15(2,3)14(18)19/h5-8H,4,9-10H2,1-3H3,(H,16,17)(H,18,19). The molecule has 1 rings (SSSR count). The Bertz CT molecular complexity index is 465. The SMILES string of the molecule is CCc1ccc(OCCC(=O)NC(C)(C)C(=O)O)cc1. The van der Waals surface area contributed by atoms with E-state index in [9.17, 15) is 9.59 Å². The van der Waals surface area contributed by atoms with Crippen molar-refractivity contribution in [1.82, 2.24) is 5.32 Å². The number of nitrogens with one attached hydrogen (secondary N) is 1. The van der Waals surface area contributed by atoms with Crippen LogP contribution in [0.15, 0.2) is 24.3 Å². The molecule has 0 saturated carbocycles. The second kappa shape index (κ2) is 6.93. The second-order valence-corrected chi connectivity index (χ2v) is 5.07. The van der Waals surface area contributed by atoms with Gasteiger partial charge in [0.2, 0.25) is 5.91 Å². The lowest BCUT2D eigenvalue weighted by Crippen LogP contribution is -2.49. The maximum absolute atomic E-state index is 11.6. The summed E-state index contributed by atoms with van der Waals surface area (Å²) in [7, 11) is 0. The first-order valence-electron chi connectivity index (χ1n) is 6.61. The average molecular weight is 279 g/mol. The van der Waals surface area contributed by atoms with Gasteiger partial charge in [0.25, 0.3) is 0 Å². The van der Waals surface area contributed by atoms with Gasteiger partial charge in [-0.25, -0.2) is 4.79 Å². The molecule has 0 aromatic heterocycles. The Labute approximate surface area is 118 Å². The molecule has 0 saturated heterocycles. The van der Waals surface area contributed by atoms with Crippen LogP contribution >= 0.6 is 0 Å². The number of carboxylic acids is 1. The molecule has 0 aliphatic rings. The molecule has 0 aliphatic carbocycles. The third-order valence-corrected chi connectivity index (χ3v) is 2.92. The minimum atomic E-state index is -1.26. The predicted octanol–water partition coefficient (Wildman–Crippen LogP) is 2.00. The van der Waals surface area contributed by atoms with Crippen molar-refractivity contribution in [2.75, 3.05) is 6.61 Å². The van der Waals surface area contributed by atoms with E-state index >= 15 is 0 Å². The van der Waals surface area contributed by atoms with Crippen LogP contribution in [0, 0.1) is 0 Å². The fourth-order valence-electron chi connectivity index (χ4n) is 1.55. The lowest BCUT2D eigenvalue weighted by atomic mass is 10.1. The first kappa shape index (κ1) is 16.0. The van der Waals surface area contributed by atoms with Crippen LogP contribution < -0.4 is 10.1 Å². The third-order valence-electron chi connectivity index (χ3n) is 2.92. The van der Waals surface area contributed by atoms with Crippen molar-refractivity contribution in [3.63, 3.8) is 0 Å². The minimum absolute atomic E-state index is 0.117. The number of rotatable bonds is 7.